The Kier molecular flexibility index (Phi) is 6.29. The minimum Gasteiger partial charge on any atom is -0.376 e. The van der Waals surface area contributed by atoms with E-state index in [0.717, 1.165) is 12.1 Å². The third-order valence-electron chi connectivity index (χ3n) is 4.99. The summed E-state index contributed by atoms with van der Waals surface area (Å²) >= 11 is 0. The highest BCUT2D eigenvalue weighted by Gasteiger charge is 2.30. The lowest BCUT2D eigenvalue weighted by Gasteiger charge is -2.19. The number of hydrogen-bond acceptors (Lipinski definition) is 6. The number of sulfonamides is 1. The van der Waals surface area contributed by atoms with Crippen molar-refractivity contribution in [1.29, 1.82) is 0 Å². The van der Waals surface area contributed by atoms with Crippen molar-refractivity contribution < 1.29 is 26.1 Å². The van der Waals surface area contributed by atoms with Crippen molar-refractivity contribution in [2.75, 3.05) is 16.7 Å². The zero-order chi connectivity index (χ0) is 24.3. The standard InChI is InChI=1S/C23H19F3N4O3S/c1-30(19-7-3-2-4-8-19)34(31,32)20-9-5-6-18(14-20)27-15-21-28-22(29-33-21)16-10-12-17(13-11-16)23(24,25)26/h2-14,27H,15H2,1H3. The number of rotatable bonds is 7. The fourth-order valence-corrected chi connectivity index (χ4v) is 4.37. The second-order valence-corrected chi connectivity index (χ2v) is 9.25. The van der Waals surface area contributed by atoms with Crippen molar-refractivity contribution in [3.8, 4) is 11.4 Å². The highest BCUT2D eigenvalue weighted by Crippen LogP contribution is 2.30. The minimum atomic E-state index is -4.43. The maximum atomic E-state index is 13.0. The summed E-state index contributed by atoms with van der Waals surface area (Å²) in [5.41, 5.74) is 0.647. The minimum absolute atomic E-state index is 0.0889. The predicted octanol–water partition coefficient (Wildman–Crippen LogP) is 5.19. The molecule has 0 atom stereocenters. The number of anilines is 2. The summed E-state index contributed by atoms with van der Waals surface area (Å²) in [5, 5.41) is 6.81. The van der Waals surface area contributed by atoms with Gasteiger partial charge in [0.15, 0.2) is 0 Å². The van der Waals surface area contributed by atoms with Gasteiger partial charge in [0.05, 0.1) is 22.7 Å². The average molecular weight is 488 g/mol. The Morgan fingerprint density at radius 2 is 1.68 bits per heavy atom. The molecule has 1 aromatic heterocycles. The van der Waals surface area contributed by atoms with Crippen LogP contribution in [-0.4, -0.2) is 25.6 Å². The van der Waals surface area contributed by atoms with E-state index in [0.29, 0.717) is 16.9 Å². The Hall–Kier alpha value is -3.86. The fourth-order valence-electron chi connectivity index (χ4n) is 3.13. The third-order valence-corrected chi connectivity index (χ3v) is 6.78. The molecule has 0 saturated heterocycles. The molecule has 0 fully saturated rings. The van der Waals surface area contributed by atoms with Crippen LogP contribution in [0.5, 0.6) is 0 Å². The lowest BCUT2D eigenvalue weighted by molar-refractivity contribution is -0.137. The molecule has 0 aliphatic heterocycles. The van der Waals surface area contributed by atoms with Crippen LogP contribution in [0.4, 0.5) is 24.5 Å². The van der Waals surface area contributed by atoms with E-state index in [1.807, 2.05) is 0 Å². The normalized spacial score (nSPS) is 11.9. The van der Waals surface area contributed by atoms with Crippen molar-refractivity contribution in [1.82, 2.24) is 10.1 Å². The first-order valence-electron chi connectivity index (χ1n) is 10.0. The van der Waals surface area contributed by atoms with Gasteiger partial charge in [0, 0.05) is 18.3 Å². The van der Waals surface area contributed by atoms with Crippen molar-refractivity contribution in [3.05, 3.63) is 90.3 Å². The lowest BCUT2D eigenvalue weighted by Crippen LogP contribution is -2.26. The van der Waals surface area contributed by atoms with Gasteiger partial charge in [0.2, 0.25) is 11.7 Å². The second kappa shape index (κ2) is 9.18. The number of hydrogen-bond donors (Lipinski definition) is 1. The zero-order valence-corrected chi connectivity index (χ0v) is 18.6. The topological polar surface area (TPSA) is 88.3 Å². The summed E-state index contributed by atoms with van der Waals surface area (Å²) in [7, 11) is -2.30. The zero-order valence-electron chi connectivity index (χ0n) is 17.8. The maximum absolute atomic E-state index is 13.0. The van der Waals surface area contributed by atoms with Crippen LogP contribution in [0.25, 0.3) is 11.4 Å². The molecule has 0 amide bonds. The smallest absolute Gasteiger partial charge is 0.376 e. The maximum Gasteiger partial charge on any atom is 0.416 e. The highest BCUT2D eigenvalue weighted by molar-refractivity contribution is 7.92. The molecule has 0 spiro atoms. The first kappa shape index (κ1) is 23.3. The Labute approximate surface area is 193 Å². The van der Waals surface area contributed by atoms with E-state index in [1.54, 1.807) is 42.5 Å². The van der Waals surface area contributed by atoms with Crippen LogP contribution in [-0.2, 0) is 22.7 Å². The van der Waals surface area contributed by atoms with Crippen LogP contribution in [0.1, 0.15) is 11.5 Å². The van der Waals surface area contributed by atoms with E-state index >= 15 is 0 Å². The number of aromatic nitrogens is 2. The Bertz CT molecular complexity index is 1370. The summed E-state index contributed by atoms with van der Waals surface area (Å²) < 4.78 is 70.5. The first-order chi connectivity index (χ1) is 16.1. The van der Waals surface area contributed by atoms with Crippen LogP contribution in [0.2, 0.25) is 0 Å². The van der Waals surface area contributed by atoms with E-state index in [1.165, 1.54) is 35.6 Å². The van der Waals surface area contributed by atoms with Crippen LogP contribution >= 0.6 is 0 Å². The van der Waals surface area contributed by atoms with Crippen LogP contribution in [0.15, 0.2) is 88.3 Å². The molecule has 0 aliphatic rings. The molecule has 4 rings (SSSR count). The van der Waals surface area contributed by atoms with Crippen LogP contribution in [0, 0.1) is 0 Å². The molecule has 34 heavy (non-hydrogen) atoms. The number of para-hydroxylation sites is 1. The van der Waals surface area contributed by atoms with Gasteiger partial charge >= 0.3 is 6.18 Å². The molecule has 0 bridgehead atoms. The van der Waals surface area contributed by atoms with Gasteiger partial charge in [-0.25, -0.2) is 8.42 Å². The number of halogens is 3. The van der Waals surface area contributed by atoms with Gasteiger partial charge in [-0.15, -0.1) is 0 Å². The van der Waals surface area contributed by atoms with Gasteiger partial charge in [0.1, 0.15) is 0 Å². The molecule has 0 saturated carbocycles. The molecule has 7 nitrogen and oxygen atoms in total. The Morgan fingerprint density at radius 3 is 2.35 bits per heavy atom. The highest BCUT2D eigenvalue weighted by atomic mass is 32.2. The lowest BCUT2D eigenvalue weighted by atomic mass is 10.1. The van der Waals surface area contributed by atoms with E-state index in [-0.39, 0.29) is 23.2 Å². The van der Waals surface area contributed by atoms with E-state index < -0.39 is 21.8 Å². The van der Waals surface area contributed by atoms with Gasteiger partial charge in [-0.3, -0.25) is 4.31 Å². The van der Waals surface area contributed by atoms with E-state index in [2.05, 4.69) is 15.5 Å². The molecule has 1 heterocycles. The van der Waals surface area contributed by atoms with Crippen molar-refractivity contribution in [2.24, 2.45) is 0 Å². The largest absolute Gasteiger partial charge is 0.416 e. The molecule has 0 unspecified atom stereocenters. The van der Waals surface area contributed by atoms with Gasteiger partial charge in [-0.05, 0) is 42.5 Å². The van der Waals surface area contributed by atoms with Gasteiger partial charge in [0.25, 0.3) is 10.0 Å². The van der Waals surface area contributed by atoms with Crippen molar-refractivity contribution >= 4 is 21.4 Å². The monoisotopic (exact) mass is 488 g/mol. The molecule has 176 valence electrons. The number of benzene rings is 3. The Balaban J connectivity index is 1.45. The van der Waals surface area contributed by atoms with Gasteiger partial charge < -0.3 is 9.84 Å². The average Bonchev–Trinajstić information content (AvgIpc) is 3.32. The Morgan fingerprint density at radius 1 is 0.971 bits per heavy atom. The molecule has 1 N–H and O–H groups in total. The van der Waals surface area contributed by atoms with Crippen LogP contribution in [0.3, 0.4) is 0 Å². The summed E-state index contributed by atoms with van der Waals surface area (Å²) in [5.74, 6) is 0.330. The summed E-state index contributed by atoms with van der Waals surface area (Å²) in [6, 6.07) is 19.4. The summed E-state index contributed by atoms with van der Waals surface area (Å²) in [4.78, 5) is 4.28. The van der Waals surface area contributed by atoms with E-state index in [9.17, 15) is 21.6 Å². The first-order valence-corrected chi connectivity index (χ1v) is 11.5. The second-order valence-electron chi connectivity index (χ2n) is 7.28. The predicted molar refractivity (Wildman–Crippen MR) is 121 cm³/mol. The van der Waals surface area contributed by atoms with Crippen molar-refractivity contribution in [3.63, 3.8) is 0 Å². The molecule has 11 heteroatoms. The summed E-state index contributed by atoms with van der Waals surface area (Å²) in [6.07, 6.45) is -4.43. The molecule has 0 radical (unpaired) electrons. The van der Waals surface area contributed by atoms with Crippen LogP contribution < -0.4 is 9.62 Å². The summed E-state index contributed by atoms with van der Waals surface area (Å²) in [6.45, 7) is 0.0889. The molecular weight excluding hydrogens is 469 g/mol. The quantitative estimate of drug-likeness (QED) is 0.385. The molecular formula is C23H19F3N4O3S. The van der Waals surface area contributed by atoms with Gasteiger partial charge in [-0.1, -0.05) is 41.6 Å². The number of alkyl halides is 3. The molecule has 0 aliphatic carbocycles. The molecule has 3 aromatic carbocycles. The SMILES string of the molecule is CN(c1ccccc1)S(=O)(=O)c1cccc(NCc2nc(-c3ccc(C(F)(F)F)cc3)no2)c1. The molecule has 4 aromatic rings. The van der Waals surface area contributed by atoms with Gasteiger partial charge in [-0.2, -0.15) is 18.2 Å². The van der Waals surface area contributed by atoms with E-state index in [4.69, 9.17) is 4.52 Å². The number of nitrogens with zero attached hydrogens (tertiary/aromatic N) is 3. The third kappa shape index (κ3) is 5.04. The number of nitrogens with one attached hydrogen (secondary N) is 1. The fraction of sp³-hybridized carbons (Fsp3) is 0.130. The van der Waals surface area contributed by atoms with Crippen molar-refractivity contribution in [2.45, 2.75) is 17.6 Å².